The van der Waals surface area contributed by atoms with Gasteiger partial charge in [-0.3, -0.25) is 4.79 Å². The molecule has 1 N–H and O–H groups in total. The molecule has 1 aliphatic rings. The van der Waals surface area contributed by atoms with Gasteiger partial charge in [-0.05, 0) is 37.1 Å². The van der Waals surface area contributed by atoms with E-state index in [0.717, 1.165) is 23.1 Å². The number of nitrogens with one attached hydrogen (secondary N) is 1. The van der Waals surface area contributed by atoms with Crippen molar-refractivity contribution in [1.82, 2.24) is 10.3 Å². The van der Waals surface area contributed by atoms with Gasteiger partial charge in [0.1, 0.15) is 0 Å². The minimum absolute atomic E-state index is 0.0588. The molecule has 1 fully saturated rings. The molecule has 2 aromatic heterocycles. The summed E-state index contributed by atoms with van der Waals surface area (Å²) in [5, 5.41) is 3.45. The molecule has 0 spiro atoms. The number of ether oxygens (including phenoxy) is 1. The average Bonchev–Trinajstić information content (AvgIpc) is 3.11. The first-order chi connectivity index (χ1) is 11.7. The lowest BCUT2D eigenvalue weighted by Crippen LogP contribution is -2.30. The van der Waals surface area contributed by atoms with Gasteiger partial charge in [-0.1, -0.05) is 12.1 Å². The van der Waals surface area contributed by atoms with Crippen LogP contribution in [0.5, 0.6) is 0 Å². The van der Waals surface area contributed by atoms with E-state index in [1.165, 1.54) is 17.4 Å². The number of rotatable bonds is 5. The van der Waals surface area contributed by atoms with E-state index in [1.54, 1.807) is 6.07 Å². The van der Waals surface area contributed by atoms with Crippen LogP contribution in [0.4, 0.5) is 0 Å². The van der Waals surface area contributed by atoms with Crippen molar-refractivity contribution in [3.8, 4) is 10.8 Å². The lowest BCUT2D eigenvalue weighted by molar-refractivity contribution is -0.124. The van der Waals surface area contributed by atoms with Crippen molar-refractivity contribution in [2.24, 2.45) is 0 Å². The molecule has 1 saturated carbocycles. The summed E-state index contributed by atoms with van der Waals surface area (Å²) in [7, 11) is 0. The summed E-state index contributed by atoms with van der Waals surface area (Å²) < 4.78 is 11.5. The monoisotopic (exact) mass is 342 g/mol. The van der Waals surface area contributed by atoms with E-state index in [2.05, 4.69) is 10.3 Å². The highest BCUT2D eigenvalue weighted by molar-refractivity contribution is 7.21. The molecule has 1 amide bonds. The van der Waals surface area contributed by atoms with E-state index in [4.69, 9.17) is 9.15 Å². The molecule has 4 rings (SSSR count). The maximum atomic E-state index is 12.0. The first kappa shape index (κ1) is 14.9. The lowest BCUT2D eigenvalue weighted by atomic mass is 10.3. The molecule has 0 saturated heterocycles. The number of nitrogens with zero attached hydrogens (tertiary/aromatic N) is 1. The number of amides is 1. The van der Waals surface area contributed by atoms with Gasteiger partial charge in [-0.15, -0.1) is 11.3 Å². The highest BCUT2D eigenvalue weighted by Gasteiger charge is 2.24. The first-order valence-corrected chi connectivity index (χ1v) is 8.43. The van der Waals surface area contributed by atoms with Crippen LogP contribution >= 0.6 is 11.3 Å². The van der Waals surface area contributed by atoms with Crippen molar-refractivity contribution in [3.63, 3.8) is 0 Å². The second kappa shape index (κ2) is 6.09. The Morgan fingerprint density at radius 3 is 2.88 bits per heavy atom. The molecule has 0 radical (unpaired) electrons. The number of carbonyl (C=O) groups excluding carboxylic acids is 2. The average molecular weight is 342 g/mol. The molecule has 0 atom stereocenters. The molecular weight excluding hydrogens is 328 g/mol. The normalized spacial score (nSPS) is 13.8. The molecule has 0 unspecified atom stereocenters. The lowest BCUT2D eigenvalue weighted by Gasteiger charge is -2.03. The fourth-order valence-electron chi connectivity index (χ4n) is 2.24. The summed E-state index contributed by atoms with van der Waals surface area (Å²) in [6, 6.07) is 11.2. The van der Waals surface area contributed by atoms with Crippen molar-refractivity contribution in [2.45, 2.75) is 18.9 Å². The topological polar surface area (TPSA) is 81.4 Å². The van der Waals surface area contributed by atoms with Crippen molar-refractivity contribution >= 4 is 33.4 Å². The zero-order valence-electron chi connectivity index (χ0n) is 12.7. The molecule has 0 bridgehead atoms. The third kappa shape index (κ3) is 3.16. The number of fused-ring (bicyclic) bond motifs is 1. The van der Waals surface area contributed by atoms with E-state index in [1.807, 2.05) is 24.3 Å². The molecule has 1 aliphatic carbocycles. The Morgan fingerprint density at radius 2 is 2.08 bits per heavy atom. The zero-order valence-corrected chi connectivity index (χ0v) is 13.5. The van der Waals surface area contributed by atoms with Crippen molar-refractivity contribution in [3.05, 3.63) is 42.2 Å². The maximum absolute atomic E-state index is 12.0. The van der Waals surface area contributed by atoms with Gasteiger partial charge in [0.15, 0.2) is 17.4 Å². The quantitative estimate of drug-likeness (QED) is 0.721. The summed E-state index contributed by atoms with van der Waals surface area (Å²) in [6.45, 7) is -0.299. The number of thiazole rings is 1. The van der Waals surface area contributed by atoms with Crippen LogP contribution in [0.1, 0.15) is 23.4 Å². The first-order valence-electron chi connectivity index (χ1n) is 7.61. The minimum atomic E-state index is -0.659. The minimum Gasteiger partial charge on any atom is -0.450 e. The number of aromatic nitrogens is 1. The second-order valence-corrected chi connectivity index (χ2v) is 6.60. The third-order valence-corrected chi connectivity index (χ3v) is 4.64. The Hall–Kier alpha value is -2.67. The van der Waals surface area contributed by atoms with Gasteiger partial charge in [0.2, 0.25) is 5.76 Å². The molecule has 6 nitrogen and oxygen atoms in total. The van der Waals surface area contributed by atoms with E-state index in [-0.39, 0.29) is 24.3 Å². The molecule has 0 aliphatic heterocycles. The fraction of sp³-hybridized carbons (Fsp3) is 0.235. The summed E-state index contributed by atoms with van der Waals surface area (Å²) in [4.78, 5) is 28.0. The largest absolute Gasteiger partial charge is 0.450 e. The fourth-order valence-corrected chi connectivity index (χ4v) is 3.17. The van der Waals surface area contributed by atoms with Gasteiger partial charge in [-0.2, -0.15) is 0 Å². The second-order valence-electron chi connectivity index (χ2n) is 5.57. The van der Waals surface area contributed by atoms with Gasteiger partial charge >= 0.3 is 5.97 Å². The van der Waals surface area contributed by atoms with Gasteiger partial charge in [0.05, 0.1) is 10.2 Å². The number of para-hydroxylation sites is 1. The zero-order chi connectivity index (χ0) is 16.5. The molecule has 2 heterocycles. The summed E-state index contributed by atoms with van der Waals surface area (Å²) in [5.74, 6) is -0.383. The molecule has 24 heavy (non-hydrogen) atoms. The van der Waals surface area contributed by atoms with Gasteiger partial charge < -0.3 is 14.5 Å². The number of benzene rings is 1. The Kier molecular flexibility index (Phi) is 3.78. The number of hydrogen-bond acceptors (Lipinski definition) is 6. The van der Waals surface area contributed by atoms with Crippen LogP contribution in [0, 0.1) is 0 Å². The highest BCUT2D eigenvalue weighted by Crippen LogP contribution is 2.31. The van der Waals surface area contributed by atoms with Crippen LogP contribution in [0.15, 0.2) is 40.8 Å². The number of carbonyl (C=O) groups is 2. The highest BCUT2D eigenvalue weighted by atomic mass is 32.1. The van der Waals surface area contributed by atoms with E-state index >= 15 is 0 Å². The van der Waals surface area contributed by atoms with E-state index in [9.17, 15) is 9.59 Å². The predicted octanol–water partition coefficient (Wildman–Crippen LogP) is 2.99. The number of furan rings is 1. The Bertz CT molecular complexity index is 877. The standard InChI is InChI=1S/C17H14N2O4S/c20-15(18-10-5-6-10)9-22-17(21)13-8-7-12(23-13)16-19-11-3-1-2-4-14(11)24-16/h1-4,7-8,10H,5-6,9H2,(H,18,20). The molecule has 122 valence electrons. The molecule has 7 heteroatoms. The molecular formula is C17H14N2O4S. The SMILES string of the molecule is O=C(COC(=O)c1ccc(-c2nc3ccccc3s2)o1)NC1CC1. The van der Waals surface area contributed by atoms with Crippen LogP contribution < -0.4 is 5.32 Å². The molecule has 1 aromatic carbocycles. The third-order valence-electron chi connectivity index (χ3n) is 3.59. The van der Waals surface area contributed by atoms with E-state index in [0.29, 0.717) is 10.8 Å². The Morgan fingerprint density at radius 1 is 1.25 bits per heavy atom. The van der Waals surface area contributed by atoms with Crippen LogP contribution in [-0.2, 0) is 9.53 Å². The van der Waals surface area contributed by atoms with Crippen LogP contribution in [-0.4, -0.2) is 29.5 Å². The van der Waals surface area contributed by atoms with Crippen molar-refractivity contribution in [1.29, 1.82) is 0 Å². The van der Waals surface area contributed by atoms with Gasteiger partial charge in [0.25, 0.3) is 5.91 Å². The number of esters is 1. The van der Waals surface area contributed by atoms with Crippen LogP contribution in [0.2, 0.25) is 0 Å². The predicted molar refractivity (Wildman–Crippen MR) is 88.8 cm³/mol. The van der Waals surface area contributed by atoms with Crippen molar-refractivity contribution < 1.29 is 18.7 Å². The summed E-state index contributed by atoms with van der Waals surface area (Å²) >= 11 is 1.49. The van der Waals surface area contributed by atoms with Gasteiger partial charge in [-0.25, -0.2) is 9.78 Å². The summed E-state index contributed by atoms with van der Waals surface area (Å²) in [5.41, 5.74) is 0.884. The molecule has 3 aromatic rings. The maximum Gasteiger partial charge on any atom is 0.374 e. The van der Waals surface area contributed by atoms with Crippen molar-refractivity contribution in [2.75, 3.05) is 6.61 Å². The van der Waals surface area contributed by atoms with Gasteiger partial charge in [0, 0.05) is 6.04 Å². The van der Waals surface area contributed by atoms with Crippen LogP contribution in [0.25, 0.3) is 21.0 Å². The van der Waals surface area contributed by atoms with Crippen LogP contribution in [0.3, 0.4) is 0 Å². The smallest absolute Gasteiger partial charge is 0.374 e. The summed E-state index contributed by atoms with van der Waals surface area (Å²) in [6.07, 6.45) is 1.98. The number of hydrogen-bond donors (Lipinski definition) is 1. The Labute approximate surface area is 141 Å². The van der Waals surface area contributed by atoms with E-state index < -0.39 is 5.97 Å². The Balaban J connectivity index is 1.43.